The maximum absolute atomic E-state index is 5.81. The standard InChI is InChI=1S/C18H21NO4/c1-18(2)22-12-16-14(8-19-9-17(16)23-18)11-21-10-13-4-6-15(20-3)7-5-13/h4-9H,10-12H2,1-3H3. The third kappa shape index (κ3) is 3.81. The van der Waals surface area contributed by atoms with E-state index in [0.29, 0.717) is 19.8 Å². The summed E-state index contributed by atoms with van der Waals surface area (Å²) in [4.78, 5) is 4.23. The molecule has 2 aromatic rings. The van der Waals surface area contributed by atoms with Crippen molar-refractivity contribution in [1.29, 1.82) is 0 Å². The first-order chi connectivity index (χ1) is 11.1. The van der Waals surface area contributed by atoms with Crippen molar-refractivity contribution in [3.63, 3.8) is 0 Å². The van der Waals surface area contributed by atoms with Crippen molar-refractivity contribution in [3.8, 4) is 11.5 Å². The van der Waals surface area contributed by atoms with Crippen LogP contribution in [0.3, 0.4) is 0 Å². The van der Waals surface area contributed by atoms with Crippen LogP contribution in [0.25, 0.3) is 0 Å². The molecular weight excluding hydrogens is 294 g/mol. The molecule has 1 aromatic carbocycles. The monoisotopic (exact) mass is 315 g/mol. The first-order valence-corrected chi connectivity index (χ1v) is 7.57. The van der Waals surface area contributed by atoms with Crippen molar-refractivity contribution in [2.24, 2.45) is 0 Å². The van der Waals surface area contributed by atoms with Gasteiger partial charge in [-0.05, 0) is 17.7 Å². The first-order valence-electron chi connectivity index (χ1n) is 7.57. The Morgan fingerprint density at radius 2 is 1.91 bits per heavy atom. The summed E-state index contributed by atoms with van der Waals surface area (Å²) in [6.45, 7) is 5.29. The molecule has 0 atom stereocenters. The van der Waals surface area contributed by atoms with Gasteiger partial charge in [0.05, 0.1) is 33.1 Å². The van der Waals surface area contributed by atoms with Crippen LogP contribution in [0.2, 0.25) is 0 Å². The Morgan fingerprint density at radius 1 is 1.13 bits per heavy atom. The lowest BCUT2D eigenvalue weighted by molar-refractivity contribution is -0.180. The Labute approximate surface area is 136 Å². The van der Waals surface area contributed by atoms with E-state index >= 15 is 0 Å². The molecule has 0 unspecified atom stereocenters. The molecule has 0 spiro atoms. The highest BCUT2D eigenvalue weighted by Crippen LogP contribution is 2.32. The fraction of sp³-hybridized carbons (Fsp3) is 0.389. The van der Waals surface area contributed by atoms with Gasteiger partial charge in [-0.1, -0.05) is 12.1 Å². The van der Waals surface area contributed by atoms with E-state index in [0.717, 1.165) is 28.2 Å². The van der Waals surface area contributed by atoms with E-state index in [9.17, 15) is 0 Å². The van der Waals surface area contributed by atoms with Crippen LogP contribution in [0.15, 0.2) is 36.7 Å². The van der Waals surface area contributed by atoms with E-state index in [1.54, 1.807) is 19.5 Å². The fourth-order valence-corrected chi connectivity index (χ4v) is 2.43. The number of hydrogen-bond donors (Lipinski definition) is 0. The highest BCUT2D eigenvalue weighted by Gasteiger charge is 2.28. The molecule has 0 amide bonds. The molecule has 0 saturated heterocycles. The number of hydrogen-bond acceptors (Lipinski definition) is 5. The summed E-state index contributed by atoms with van der Waals surface area (Å²) < 4.78 is 22.4. The molecule has 2 heterocycles. The van der Waals surface area contributed by atoms with E-state index in [1.165, 1.54) is 0 Å². The van der Waals surface area contributed by atoms with Gasteiger partial charge in [-0.2, -0.15) is 0 Å². The van der Waals surface area contributed by atoms with Gasteiger partial charge in [-0.15, -0.1) is 0 Å². The molecule has 0 radical (unpaired) electrons. The Morgan fingerprint density at radius 3 is 2.65 bits per heavy atom. The van der Waals surface area contributed by atoms with Crippen molar-refractivity contribution in [3.05, 3.63) is 53.3 Å². The predicted octanol–water partition coefficient (Wildman–Crippen LogP) is 3.45. The summed E-state index contributed by atoms with van der Waals surface area (Å²) in [7, 11) is 1.66. The molecule has 0 fully saturated rings. The van der Waals surface area contributed by atoms with Crippen LogP contribution in [-0.2, 0) is 29.3 Å². The van der Waals surface area contributed by atoms with E-state index < -0.39 is 5.79 Å². The van der Waals surface area contributed by atoms with Gasteiger partial charge in [0.15, 0.2) is 0 Å². The summed E-state index contributed by atoms with van der Waals surface area (Å²) in [5.74, 6) is 0.996. The third-order valence-electron chi connectivity index (χ3n) is 3.71. The number of fused-ring (bicyclic) bond motifs is 1. The maximum atomic E-state index is 5.81. The summed E-state index contributed by atoms with van der Waals surface area (Å²) >= 11 is 0. The lowest BCUT2D eigenvalue weighted by Gasteiger charge is -2.33. The smallest absolute Gasteiger partial charge is 0.205 e. The normalized spacial score (nSPS) is 15.6. The molecule has 0 N–H and O–H groups in total. The molecule has 0 saturated carbocycles. The average Bonchev–Trinajstić information content (AvgIpc) is 2.54. The molecule has 3 rings (SSSR count). The lowest BCUT2D eigenvalue weighted by Crippen LogP contribution is -2.35. The van der Waals surface area contributed by atoms with Crippen molar-refractivity contribution in [2.45, 2.75) is 39.5 Å². The van der Waals surface area contributed by atoms with Gasteiger partial charge in [-0.3, -0.25) is 4.98 Å². The van der Waals surface area contributed by atoms with Gasteiger partial charge in [0.25, 0.3) is 0 Å². The van der Waals surface area contributed by atoms with Gasteiger partial charge < -0.3 is 18.9 Å². The average molecular weight is 315 g/mol. The summed E-state index contributed by atoms with van der Waals surface area (Å²) in [5.41, 5.74) is 3.10. The zero-order valence-corrected chi connectivity index (χ0v) is 13.7. The Balaban J connectivity index is 1.62. The van der Waals surface area contributed by atoms with Crippen LogP contribution in [0.1, 0.15) is 30.5 Å². The van der Waals surface area contributed by atoms with Gasteiger partial charge in [0, 0.05) is 31.2 Å². The molecule has 0 bridgehead atoms. The molecule has 122 valence electrons. The van der Waals surface area contributed by atoms with E-state index in [2.05, 4.69) is 4.98 Å². The number of rotatable bonds is 5. The number of pyridine rings is 1. The molecule has 1 aliphatic rings. The Kier molecular flexibility index (Phi) is 4.50. The largest absolute Gasteiger partial charge is 0.497 e. The highest BCUT2D eigenvalue weighted by atomic mass is 16.7. The Hall–Kier alpha value is -2.11. The molecular formula is C18H21NO4. The van der Waals surface area contributed by atoms with Crippen LogP contribution in [0, 0.1) is 0 Å². The van der Waals surface area contributed by atoms with Crippen molar-refractivity contribution in [2.75, 3.05) is 7.11 Å². The van der Waals surface area contributed by atoms with Crippen molar-refractivity contribution in [1.82, 2.24) is 4.98 Å². The van der Waals surface area contributed by atoms with Crippen LogP contribution >= 0.6 is 0 Å². The number of benzene rings is 1. The quantitative estimate of drug-likeness (QED) is 0.846. The van der Waals surface area contributed by atoms with Crippen LogP contribution in [0.5, 0.6) is 11.5 Å². The van der Waals surface area contributed by atoms with Crippen LogP contribution in [-0.4, -0.2) is 17.9 Å². The zero-order valence-electron chi connectivity index (χ0n) is 13.7. The second kappa shape index (κ2) is 6.56. The van der Waals surface area contributed by atoms with Gasteiger partial charge in [0.2, 0.25) is 5.79 Å². The summed E-state index contributed by atoms with van der Waals surface area (Å²) in [5, 5.41) is 0. The first kappa shape index (κ1) is 15.8. The van der Waals surface area contributed by atoms with Gasteiger partial charge in [-0.25, -0.2) is 0 Å². The van der Waals surface area contributed by atoms with E-state index in [-0.39, 0.29) is 0 Å². The fourth-order valence-electron chi connectivity index (χ4n) is 2.43. The molecule has 5 nitrogen and oxygen atoms in total. The van der Waals surface area contributed by atoms with Gasteiger partial charge in [0.1, 0.15) is 11.5 Å². The highest BCUT2D eigenvalue weighted by molar-refractivity contribution is 5.37. The molecule has 0 aliphatic carbocycles. The minimum atomic E-state index is -0.614. The minimum Gasteiger partial charge on any atom is -0.497 e. The zero-order chi connectivity index (χ0) is 16.3. The molecule has 1 aromatic heterocycles. The van der Waals surface area contributed by atoms with Gasteiger partial charge >= 0.3 is 0 Å². The topological polar surface area (TPSA) is 49.8 Å². The van der Waals surface area contributed by atoms with E-state index in [1.807, 2.05) is 38.1 Å². The number of aromatic nitrogens is 1. The lowest BCUT2D eigenvalue weighted by atomic mass is 10.1. The Bertz CT molecular complexity index is 667. The van der Waals surface area contributed by atoms with Crippen LogP contribution < -0.4 is 9.47 Å². The van der Waals surface area contributed by atoms with Crippen molar-refractivity contribution >= 4 is 0 Å². The number of methoxy groups -OCH3 is 1. The molecule has 5 heteroatoms. The number of ether oxygens (including phenoxy) is 4. The SMILES string of the molecule is COc1ccc(COCc2cncc3c2COC(C)(C)O3)cc1. The predicted molar refractivity (Wildman–Crippen MR) is 85.2 cm³/mol. The molecule has 1 aliphatic heterocycles. The van der Waals surface area contributed by atoms with Crippen LogP contribution in [0.4, 0.5) is 0 Å². The minimum absolute atomic E-state index is 0.468. The third-order valence-corrected chi connectivity index (χ3v) is 3.71. The summed E-state index contributed by atoms with van der Waals surface area (Å²) in [6.07, 6.45) is 3.53. The van der Waals surface area contributed by atoms with Crippen molar-refractivity contribution < 1.29 is 18.9 Å². The number of nitrogens with zero attached hydrogens (tertiary/aromatic N) is 1. The molecule has 23 heavy (non-hydrogen) atoms. The maximum Gasteiger partial charge on any atom is 0.205 e. The second-order valence-electron chi connectivity index (χ2n) is 5.91. The van der Waals surface area contributed by atoms with E-state index in [4.69, 9.17) is 18.9 Å². The second-order valence-corrected chi connectivity index (χ2v) is 5.91. The summed E-state index contributed by atoms with van der Waals surface area (Å²) in [6, 6.07) is 7.83.